The monoisotopic (exact) mass is 463 g/mol. The lowest BCUT2D eigenvalue weighted by molar-refractivity contribution is 0.0950. The van der Waals surface area contributed by atoms with E-state index in [2.05, 4.69) is 15.3 Å². The summed E-state index contributed by atoms with van der Waals surface area (Å²) >= 11 is 0. The predicted octanol–water partition coefficient (Wildman–Crippen LogP) is 5.77. The third-order valence-electron chi connectivity index (χ3n) is 5.68. The van der Waals surface area contributed by atoms with Crippen LogP contribution in [-0.2, 0) is 17.3 Å². The summed E-state index contributed by atoms with van der Waals surface area (Å²) in [7, 11) is -1.12. The fraction of sp³-hybridized carbons (Fsp3) is 0.370. The lowest BCUT2D eigenvalue weighted by Crippen LogP contribution is -2.23. The molecule has 0 radical (unpaired) electrons. The maximum atomic E-state index is 13.2. The molecule has 0 aliphatic heterocycles. The number of carbonyl (C=O) groups is 1. The van der Waals surface area contributed by atoms with Crippen molar-refractivity contribution in [1.29, 1.82) is 0 Å². The molecule has 0 spiro atoms. The van der Waals surface area contributed by atoms with Crippen molar-refractivity contribution in [2.75, 3.05) is 0 Å². The van der Waals surface area contributed by atoms with Gasteiger partial charge in [-0.2, -0.15) is 0 Å². The van der Waals surface area contributed by atoms with Gasteiger partial charge >= 0.3 is 0 Å². The zero-order chi connectivity index (χ0) is 23.8. The van der Waals surface area contributed by atoms with Crippen molar-refractivity contribution < 1.29 is 9.00 Å². The van der Waals surface area contributed by atoms with Crippen LogP contribution >= 0.6 is 0 Å². The molecule has 4 rings (SSSR count). The number of carbonyl (C=O) groups excluding carboxylic acids is 1. The molecule has 2 aromatic carbocycles. The molecule has 1 heterocycles. The molecule has 33 heavy (non-hydrogen) atoms. The van der Waals surface area contributed by atoms with Crippen LogP contribution in [0.5, 0.6) is 0 Å². The van der Waals surface area contributed by atoms with Gasteiger partial charge in [-0.1, -0.05) is 56.5 Å². The molecule has 1 aliphatic carbocycles. The van der Waals surface area contributed by atoms with Crippen LogP contribution in [0.3, 0.4) is 0 Å². The van der Waals surface area contributed by atoms with Gasteiger partial charge in [-0.05, 0) is 56.0 Å². The lowest BCUT2D eigenvalue weighted by atomic mass is 10.0. The number of rotatable bonds is 6. The minimum absolute atomic E-state index is 0.175. The average molecular weight is 464 g/mol. The van der Waals surface area contributed by atoms with Crippen LogP contribution in [0.4, 0.5) is 0 Å². The van der Waals surface area contributed by atoms with E-state index in [1.165, 1.54) is 5.56 Å². The predicted molar refractivity (Wildman–Crippen MR) is 135 cm³/mol. The second kappa shape index (κ2) is 11.8. The molecular formula is C27H33N3O2S. The summed E-state index contributed by atoms with van der Waals surface area (Å²) in [5, 5.41) is 3.12. The van der Waals surface area contributed by atoms with Crippen molar-refractivity contribution in [1.82, 2.24) is 15.3 Å². The van der Waals surface area contributed by atoms with E-state index in [9.17, 15) is 9.00 Å². The summed E-state index contributed by atoms with van der Waals surface area (Å²) in [4.78, 5) is 22.0. The molecule has 174 valence electrons. The minimum Gasteiger partial charge on any atom is -0.348 e. The molecule has 3 aromatic rings. The summed E-state index contributed by atoms with van der Waals surface area (Å²) in [5.74, 6) is 0.499. The first-order chi connectivity index (χ1) is 16.0. The van der Waals surface area contributed by atoms with Gasteiger partial charge in [0.25, 0.3) is 5.91 Å². The first-order valence-electron chi connectivity index (χ1n) is 11.7. The molecular weight excluding hydrogens is 430 g/mol. The Morgan fingerprint density at radius 3 is 2.24 bits per heavy atom. The summed E-state index contributed by atoms with van der Waals surface area (Å²) in [5.41, 5.74) is 4.45. The Bertz CT molecular complexity index is 1090. The van der Waals surface area contributed by atoms with E-state index < -0.39 is 10.8 Å². The Balaban J connectivity index is 0.00000149. The Morgan fingerprint density at radius 1 is 0.970 bits per heavy atom. The third-order valence-corrected chi connectivity index (χ3v) is 7.46. The highest BCUT2D eigenvalue weighted by Gasteiger charge is 2.24. The molecule has 1 unspecified atom stereocenters. The van der Waals surface area contributed by atoms with Gasteiger partial charge < -0.3 is 5.32 Å². The molecule has 1 saturated carbocycles. The van der Waals surface area contributed by atoms with Crippen LogP contribution in [0.25, 0.3) is 11.1 Å². The zero-order valence-electron chi connectivity index (χ0n) is 19.9. The van der Waals surface area contributed by atoms with Gasteiger partial charge in [0, 0.05) is 40.2 Å². The summed E-state index contributed by atoms with van der Waals surface area (Å²) < 4.78 is 13.2. The molecule has 1 aromatic heterocycles. The van der Waals surface area contributed by atoms with E-state index in [1.54, 1.807) is 18.5 Å². The molecule has 0 bridgehead atoms. The Labute approximate surface area is 199 Å². The smallest absolute Gasteiger partial charge is 0.251 e. The number of hydrogen-bond acceptors (Lipinski definition) is 4. The van der Waals surface area contributed by atoms with Crippen molar-refractivity contribution >= 4 is 16.7 Å². The first kappa shape index (κ1) is 24.8. The van der Waals surface area contributed by atoms with Gasteiger partial charge in [-0.15, -0.1) is 0 Å². The van der Waals surface area contributed by atoms with E-state index in [-0.39, 0.29) is 11.2 Å². The van der Waals surface area contributed by atoms with Crippen molar-refractivity contribution in [3.63, 3.8) is 0 Å². The van der Waals surface area contributed by atoms with E-state index in [4.69, 9.17) is 0 Å². The largest absolute Gasteiger partial charge is 0.348 e. The highest BCUT2D eigenvalue weighted by Crippen LogP contribution is 2.30. The number of aryl methyl sites for hydroxylation is 2. The maximum Gasteiger partial charge on any atom is 0.251 e. The molecule has 1 atom stereocenters. The molecule has 1 aliphatic rings. The van der Waals surface area contributed by atoms with Crippen molar-refractivity contribution in [3.05, 3.63) is 77.4 Å². The van der Waals surface area contributed by atoms with Crippen LogP contribution in [0.15, 0.2) is 59.8 Å². The standard InChI is InChI=1S/C25H27N3O2S.C2H6/c1-17-7-9-20(10-8-17)21-11-22(13-24(12-21)31(30)23-5-3-4-6-23)25(29)28-16-19-14-26-18(2)27-15-19;1-2/h7-15,23H,3-6,16H2,1-2H3,(H,28,29);1-2H3. The molecule has 1 fully saturated rings. The Kier molecular flexibility index (Phi) is 8.89. The van der Waals surface area contributed by atoms with E-state index in [1.807, 2.05) is 64.1 Å². The van der Waals surface area contributed by atoms with Crippen LogP contribution in [0.2, 0.25) is 0 Å². The van der Waals surface area contributed by atoms with Gasteiger partial charge in [-0.25, -0.2) is 9.97 Å². The number of aromatic nitrogens is 2. The van der Waals surface area contributed by atoms with E-state index >= 15 is 0 Å². The second-order valence-electron chi connectivity index (χ2n) is 8.14. The van der Waals surface area contributed by atoms with E-state index in [0.717, 1.165) is 47.3 Å². The number of amides is 1. The molecule has 1 N–H and O–H groups in total. The fourth-order valence-electron chi connectivity index (χ4n) is 3.85. The lowest BCUT2D eigenvalue weighted by Gasteiger charge is -2.14. The van der Waals surface area contributed by atoms with Gasteiger partial charge in [0.15, 0.2) is 0 Å². The first-order valence-corrected chi connectivity index (χ1v) is 12.9. The van der Waals surface area contributed by atoms with Crippen molar-refractivity contribution in [2.24, 2.45) is 0 Å². The SMILES string of the molecule is CC.Cc1ccc(-c2cc(C(=O)NCc3cnc(C)nc3)cc(S(=O)C3CCCC3)c2)cc1. The third kappa shape index (κ3) is 6.57. The highest BCUT2D eigenvalue weighted by molar-refractivity contribution is 7.85. The average Bonchev–Trinajstić information content (AvgIpc) is 3.39. The van der Waals surface area contributed by atoms with Gasteiger partial charge in [0.05, 0.1) is 10.8 Å². The topological polar surface area (TPSA) is 72.0 Å². The Hall–Kier alpha value is -2.86. The summed E-state index contributed by atoms with van der Waals surface area (Å²) in [6, 6.07) is 13.8. The molecule has 1 amide bonds. The summed E-state index contributed by atoms with van der Waals surface area (Å²) in [6.07, 6.45) is 7.64. The van der Waals surface area contributed by atoms with Crippen LogP contribution in [-0.4, -0.2) is 25.3 Å². The van der Waals surface area contributed by atoms with Crippen molar-refractivity contribution in [2.45, 2.75) is 70.1 Å². The molecule has 6 heteroatoms. The van der Waals surface area contributed by atoms with Gasteiger partial charge in [-0.3, -0.25) is 9.00 Å². The molecule has 5 nitrogen and oxygen atoms in total. The van der Waals surface area contributed by atoms with Crippen LogP contribution in [0.1, 0.15) is 66.8 Å². The fourth-order valence-corrected chi connectivity index (χ4v) is 5.48. The van der Waals surface area contributed by atoms with Crippen LogP contribution in [0, 0.1) is 13.8 Å². The van der Waals surface area contributed by atoms with Crippen LogP contribution < -0.4 is 5.32 Å². The number of nitrogens with one attached hydrogen (secondary N) is 1. The van der Waals surface area contributed by atoms with Crippen molar-refractivity contribution in [3.8, 4) is 11.1 Å². The zero-order valence-corrected chi connectivity index (χ0v) is 20.7. The maximum absolute atomic E-state index is 13.2. The Morgan fingerprint density at radius 2 is 1.61 bits per heavy atom. The highest BCUT2D eigenvalue weighted by atomic mass is 32.2. The second-order valence-corrected chi connectivity index (χ2v) is 9.87. The van der Waals surface area contributed by atoms with E-state index in [0.29, 0.717) is 17.9 Å². The number of hydrogen-bond donors (Lipinski definition) is 1. The summed E-state index contributed by atoms with van der Waals surface area (Å²) in [6.45, 7) is 8.21. The quantitative estimate of drug-likeness (QED) is 0.504. The molecule has 0 saturated heterocycles. The minimum atomic E-state index is -1.12. The normalized spacial score (nSPS) is 14.3. The van der Waals surface area contributed by atoms with Gasteiger partial charge in [0.1, 0.15) is 5.82 Å². The number of benzene rings is 2. The van der Waals surface area contributed by atoms with Gasteiger partial charge in [0.2, 0.25) is 0 Å². The number of nitrogens with zero attached hydrogens (tertiary/aromatic N) is 2.